The van der Waals surface area contributed by atoms with Crippen LogP contribution in [0.15, 0.2) is 121 Å². The first-order chi connectivity index (χ1) is 17.5. The summed E-state index contributed by atoms with van der Waals surface area (Å²) in [7, 11) is -2.89. The number of hydrogen-bond donors (Lipinski definition) is 2. The number of carbonyl (C=O) groups is 2. The van der Waals surface area contributed by atoms with E-state index >= 15 is 0 Å². The highest BCUT2D eigenvalue weighted by atomic mass is 28.3. The lowest BCUT2D eigenvalue weighted by Gasteiger charge is -2.42. The number of aliphatic carboxylic acids is 1. The van der Waals surface area contributed by atoms with Gasteiger partial charge in [0, 0.05) is 11.2 Å². The van der Waals surface area contributed by atoms with E-state index in [1.165, 1.54) is 0 Å². The lowest BCUT2D eigenvalue weighted by molar-refractivity contribution is -0.140. The van der Waals surface area contributed by atoms with Crippen LogP contribution in [0.4, 0.5) is 0 Å². The third kappa shape index (κ3) is 5.64. The number of amides is 1. The van der Waals surface area contributed by atoms with Crippen molar-refractivity contribution < 1.29 is 14.7 Å². The van der Waals surface area contributed by atoms with Gasteiger partial charge < -0.3 is 10.4 Å². The molecule has 5 heteroatoms. The lowest BCUT2D eigenvalue weighted by Crippen LogP contribution is -2.72. The highest BCUT2D eigenvalue weighted by molar-refractivity contribution is 7.03. The van der Waals surface area contributed by atoms with E-state index in [0.717, 1.165) is 15.9 Å². The summed E-state index contributed by atoms with van der Waals surface area (Å²) >= 11 is 0. The fourth-order valence-corrected chi connectivity index (χ4v) is 10.6. The van der Waals surface area contributed by atoms with Gasteiger partial charge in [0.25, 0.3) is 5.91 Å². The van der Waals surface area contributed by atoms with Crippen molar-refractivity contribution in [1.29, 1.82) is 0 Å². The molecule has 0 aliphatic carbocycles. The molecule has 182 valence electrons. The second-order valence-corrected chi connectivity index (χ2v) is 13.4. The van der Waals surface area contributed by atoms with Crippen LogP contribution in [0.5, 0.6) is 0 Å². The van der Waals surface area contributed by atoms with Crippen LogP contribution < -0.4 is 15.7 Å². The summed E-state index contributed by atoms with van der Waals surface area (Å²) in [4.78, 5) is 25.8. The van der Waals surface area contributed by atoms with Crippen molar-refractivity contribution in [1.82, 2.24) is 5.32 Å². The number of rotatable bonds is 10. The third-order valence-corrected chi connectivity index (χ3v) is 12.4. The zero-order valence-corrected chi connectivity index (χ0v) is 21.4. The highest BCUT2D eigenvalue weighted by Gasteiger charge is 2.47. The topological polar surface area (TPSA) is 66.4 Å². The molecule has 0 heterocycles. The normalized spacial score (nSPS) is 12.9. The Morgan fingerprint density at radius 3 is 1.64 bits per heavy atom. The van der Waals surface area contributed by atoms with Crippen LogP contribution in [0.25, 0.3) is 0 Å². The number of carbonyl (C=O) groups excluding carboxylic acids is 1. The maximum Gasteiger partial charge on any atom is 0.305 e. The Bertz CT molecular complexity index is 1220. The standard InChI is InChI=1S/C31H31NO3Si/c1-24(31(34)35)23-36(27-18-10-4-11-19-27,28-20-12-5-13-21-28)29(22-25-14-6-2-7-15-25)32-30(33)26-16-8-3-9-17-26/h2-21,24,29H,22-23H2,1H3,(H,32,33)(H,34,35)/t24-,29+/m0/s1. The van der Waals surface area contributed by atoms with Crippen molar-refractivity contribution in [2.75, 3.05) is 0 Å². The van der Waals surface area contributed by atoms with E-state index in [1.54, 1.807) is 6.92 Å². The summed E-state index contributed by atoms with van der Waals surface area (Å²) in [5, 5.41) is 15.6. The molecular weight excluding hydrogens is 462 g/mol. The first-order valence-electron chi connectivity index (χ1n) is 12.2. The van der Waals surface area contributed by atoms with Crippen LogP contribution in [0.1, 0.15) is 22.8 Å². The van der Waals surface area contributed by atoms with Crippen LogP contribution in [0.3, 0.4) is 0 Å². The molecule has 0 spiro atoms. The Morgan fingerprint density at radius 2 is 1.17 bits per heavy atom. The van der Waals surface area contributed by atoms with Gasteiger partial charge in [-0.05, 0) is 30.2 Å². The quantitative estimate of drug-likeness (QED) is 0.319. The summed E-state index contributed by atoms with van der Waals surface area (Å²) in [6.45, 7) is 1.77. The molecule has 4 rings (SSSR count). The van der Waals surface area contributed by atoms with Gasteiger partial charge in [0.05, 0.1) is 5.92 Å². The zero-order chi connectivity index (χ0) is 25.4. The molecule has 0 aliphatic heterocycles. The van der Waals surface area contributed by atoms with Crippen LogP contribution >= 0.6 is 0 Å². The van der Waals surface area contributed by atoms with Gasteiger partial charge in [0.15, 0.2) is 0 Å². The molecule has 36 heavy (non-hydrogen) atoms. The smallest absolute Gasteiger partial charge is 0.305 e. The van der Waals surface area contributed by atoms with Crippen LogP contribution in [0.2, 0.25) is 6.04 Å². The molecule has 0 saturated carbocycles. The molecule has 4 aromatic carbocycles. The van der Waals surface area contributed by atoms with Gasteiger partial charge in [-0.1, -0.05) is 126 Å². The Labute approximate surface area is 213 Å². The predicted molar refractivity (Wildman–Crippen MR) is 147 cm³/mol. The van der Waals surface area contributed by atoms with E-state index in [9.17, 15) is 14.7 Å². The van der Waals surface area contributed by atoms with E-state index in [-0.39, 0.29) is 11.6 Å². The Morgan fingerprint density at radius 1 is 0.722 bits per heavy atom. The van der Waals surface area contributed by atoms with Crippen LogP contribution in [-0.2, 0) is 11.2 Å². The maximum absolute atomic E-state index is 13.6. The van der Waals surface area contributed by atoms with Gasteiger partial charge >= 0.3 is 5.97 Å². The van der Waals surface area contributed by atoms with Gasteiger partial charge in [-0.3, -0.25) is 9.59 Å². The molecule has 1 amide bonds. The third-order valence-electron chi connectivity index (χ3n) is 6.85. The predicted octanol–water partition coefficient (Wildman–Crippen LogP) is 4.55. The Balaban J connectivity index is 1.93. The van der Waals surface area contributed by atoms with Gasteiger partial charge in [-0.25, -0.2) is 0 Å². The summed E-state index contributed by atoms with van der Waals surface area (Å²) < 4.78 is 0. The van der Waals surface area contributed by atoms with Crippen molar-refractivity contribution in [2.24, 2.45) is 5.92 Å². The largest absolute Gasteiger partial charge is 0.481 e. The summed E-state index contributed by atoms with van der Waals surface area (Å²) in [6, 6.07) is 40.1. The fourth-order valence-electron chi connectivity index (χ4n) is 5.02. The lowest BCUT2D eigenvalue weighted by atomic mass is 10.1. The number of carboxylic acid groups (broad SMARTS) is 1. The number of hydrogen-bond acceptors (Lipinski definition) is 2. The molecule has 2 atom stereocenters. The van der Waals surface area contributed by atoms with E-state index < -0.39 is 20.0 Å². The maximum atomic E-state index is 13.6. The van der Waals surface area contributed by atoms with Crippen LogP contribution in [-0.4, -0.2) is 30.7 Å². The van der Waals surface area contributed by atoms with Crippen molar-refractivity contribution in [3.05, 3.63) is 132 Å². The van der Waals surface area contributed by atoms with E-state index in [0.29, 0.717) is 18.0 Å². The zero-order valence-electron chi connectivity index (χ0n) is 20.4. The van der Waals surface area contributed by atoms with E-state index in [1.807, 2.05) is 84.9 Å². The molecule has 2 N–H and O–H groups in total. The van der Waals surface area contributed by atoms with Gasteiger partial charge in [0.2, 0.25) is 0 Å². The second kappa shape index (κ2) is 11.6. The summed E-state index contributed by atoms with van der Waals surface area (Å²) in [6.07, 6.45) is 0.599. The van der Waals surface area contributed by atoms with Crippen molar-refractivity contribution in [3.63, 3.8) is 0 Å². The van der Waals surface area contributed by atoms with Gasteiger partial charge in [-0.2, -0.15) is 0 Å². The summed E-state index contributed by atoms with van der Waals surface area (Å²) in [5.41, 5.74) is 1.41. The number of benzene rings is 4. The first-order valence-corrected chi connectivity index (χ1v) is 14.5. The molecule has 4 nitrogen and oxygen atoms in total. The molecule has 0 unspecified atom stereocenters. The fraction of sp³-hybridized carbons (Fsp3) is 0.161. The second-order valence-electron chi connectivity index (χ2n) is 9.23. The SMILES string of the molecule is C[C@@H](C[Si](c1ccccc1)(c1ccccc1)[C@H](Cc1ccccc1)NC(=O)c1ccccc1)C(=O)O. The minimum atomic E-state index is -2.89. The van der Waals surface area contributed by atoms with Gasteiger partial charge in [0.1, 0.15) is 8.07 Å². The Kier molecular flexibility index (Phi) is 8.13. The average molecular weight is 494 g/mol. The van der Waals surface area contributed by atoms with Crippen LogP contribution in [0, 0.1) is 5.92 Å². The van der Waals surface area contributed by atoms with Crippen molar-refractivity contribution >= 4 is 30.3 Å². The van der Waals surface area contributed by atoms with E-state index in [4.69, 9.17) is 0 Å². The molecule has 0 fully saturated rings. The number of carboxylic acids is 1. The first kappa shape index (κ1) is 25.1. The molecule has 0 radical (unpaired) electrons. The minimum Gasteiger partial charge on any atom is -0.481 e. The van der Waals surface area contributed by atoms with Crippen molar-refractivity contribution in [3.8, 4) is 0 Å². The van der Waals surface area contributed by atoms with Gasteiger partial charge in [-0.15, -0.1) is 0 Å². The highest BCUT2D eigenvalue weighted by Crippen LogP contribution is 2.25. The molecule has 0 aromatic heterocycles. The monoisotopic (exact) mass is 493 g/mol. The van der Waals surface area contributed by atoms with Crippen molar-refractivity contribution in [2.45, 2.75) is 25.1 Å². The molecule has 4 aromatic rings. The molecule has 0 aliphatic rings. The number of nitrogens with one attached hydrogen (secondary N) is 1. The Hall–Kier alpha value is -3.96. The average Bonchev–Trinajstić information content (AvgIpc) is 2.93. The molecule has 0 bridgehead atoms. The molecular formula is C31H31NO3Si. The molecule has 0 saturated heterocycles. The summed E-state index contributed by atoms with van der Waals surface area (Å²) in [5.74, 6) is -1.56. The van der Waals surface area contributed by atoms with E-state index in [2.05, 4.69) is 41.7 Å². The minimum absolute atomic E-state index is 0.150.